The highest BCUT2D eigenvalue weighted by atomic mass is 16.5. The van der Waals surface area contributed by atoms with Crippen molar-refractivity contribution in [2.45, 2.75) is 20.8 Å². The van der Waals surface area contributed by atoms with E-state index in [1.54, 1.807) is 12.1 Å². The largest absolute Gasteiger partial charge is 0.496 e. The smallest absolute Gasteiger partial charge is 0.252 e. The molecule has 17 heavy (non-hydrogen) atoms. The number of nitrogens with one attached hydrogen (secondary N) is 1. The number of primary amides is 1. The van der Waals surface area contributed by atoms with Crippen LogP contribution in [0.3, 0.4) is 0 Å². The highest BCUT2D eigenvalue weighted by Gasteiger charge is 2.09. The van der Waals surface area contributed by atoms with E-state index in [1.807, 2.05) is 13.8 Å². The number of amides is 2. The van der Waals surface area contributed by atoms with Gasteiger partial charge in [0.1, 0.15) is 5.75 Å². The molecule has 1 rings (SSSR count). The first-order chi connectivity index (χ1) is 8.04. The van der Waals surface area contributed by atoms with E-state index < -0.39 is 5.91 Å². The van der Waals surface area contributed by atoms with Crippen LogP contribution in [0.15, 0.2) is 18.2 Å². The molecule has 0 aliphatic heterocycles. The van der Waals surface area contributed by atoms with Gasteiger partial charge in [0.15, 0.2) is 0 Å². The van der Waals surface area contributed by atoms with Gasteiger partial charge in [-0.2, -0.15) is 0 Å². The van der Waals surface area contributed by atoms with E-state index in [-0.39, 0.29) is 11.5 Å². The predicted molar refractivity (Wildman–Crippen MR) is 67.2 cm³/mol. The summed E-state index contributed by atoms with van der Waals surface area (Å²) in [5.41, 5.74) is 5.91. The van der Waals surface area contributed by atoms with Crippen molar-refractivity contribution in [3.63, 3.8) is 0 Å². The van der Waals surface area contributed by atoms with E-state index in [1.165, 1.54) is 20.1 Å². The first-order valence-electron chi connectivity index (χ1n) is 5.30. The van der Waals surface area contributed by atoms with Gasteiger partial charge in [-0.3, -0.25) is 9.59 Å². The summed E-state index contributed by atoms with van der Waals surface area (Å²) in [7, 11) is 1.44. The van der Waals surface area contributed by atoms with Gasteiger partial charge in [0.05, 0.1) is 12.7 Å². The van der Waals surface area contributed by atoms with Crippen molar-refractivity contribution in [2.75, 3.05) is 12.4 Å². The van der Waals surface area contributed by atoms with Crippen LogP contribution in [-0.2, 0) is 4.79 Å². The summed E-state index contributed by atoms with van der Waals surface area (Å²) in [6.07, 6.45) is 0. The molecule has 0 heterocycles. The summed E-state index contributed by atoms with van der Waals surface area (Å²) < 4.78 is 4.95. The monoisotopic (exact) mass is 238 g/mol. The summed E-state index contributed by atoms with van der Waals surface area (Å²) in [4.78, 5) is 21.8. The van der Waals surface area contributed by atoms with Crippen molar-refractivity contribution in [1.29, 1.82) is 0 Å². The van der Waals surface area contributed by atoms with Crippen LogP contribution in [0.5, 0.6) is 5.75 Å². The number of nitrogens with two attached hydrogens (primary N) is 1. The van der Waals surface area contributed by atoms with Gasteiger partial charge in [0.2, 0.25) is 5.91 Å². The molecule has 0 aliphatic carbocycles. The molecule has 0 radical (unpaired) electrons. The molecule has 94 valence electrons. The summed E-state index contributed by atoms with van der Waals surface area (Å²) in [5.74, 6) is -0.425. The zero-order valence-electron chi connectivity index (χ0n) is 10.5. The van der Waals surface area contributed by atoms with Crippen LogP contribution in [-0.4, -0.2) is 18.9 Å². The average molecular weight is 238 g/mol. The van der Waals surface area contributed by atoms with Crippen molar-refractivity contribution < 1.29 is 14.3 Å². The minimum atomic E-state index is -0.598. The van der Waals surface area contributed by atoms with E-state index >= 15 is 0 Å². The topological polar surface area (TPSA) is 81.4 Å². The Balaban J connectivity index is 0.00000121. The van der Waals surface area contributed by atoms with E-state index in [2.05, 4.69) is 5.32 Å². The van der Waals surface area contributed by atoms with Gasteiger partial charge in [-0.05, 0) is 18.2 Å². The fourth-order valence-electron chi connectivity index (χ4n) is 1.18. The molecule has 0 bridgehead atoms. The zero-order valence-corrected chi connectivity index (χ0v) is 10.5. The van der Waals surface area contributed by atoms with Crippen LogP contribution < -0.4 is 15.8 Å². The van der Waals surface area contributed by atoms with Crippen LogP contribution in [0.25, 0.3) is 0 Å². The van der Waals surface area contributed by atoms with Crippen LogP contribution in [0.2, 0.25) is 0 Å². The first kappa shape index (κ1) is 15.0. The SMILES string of the molecule is CC.COc1ccc(NC(C)=O)cc1C(N)=O. The van der Waals surface area contributed by atoms with Crippen molar-refractivity contribution in [1.82, 2.24) is 0 Å². The van der Waals surface area contributed by atoms with E-state index in [0.29, 0.717) is 11.4 Å². The quantitative estimate of drug-likeness (QED) is 0.842. The van der Waals surface area contributed by atoms with Crippen LogP contribution in [0.4, 0.5) is 5.69 Å². The average Bonchev–Trinajstić information content (AvgIpc) is 2.30. The Labute approximate surface area is 101 Å². The van der Waals surface area contributed by atoms with Crippen molar-refractivity contribution in [2.24, 2.45) is 5.73 Å². The lowest BCUT2D eigenvalue weighted by Gasteiger charge is -2.08. The molecule has 3 N–H and O–H groups in total. The lowest BCUT2D eigenvalue weighted by Crippen LogP contribution is -2.14. The maximum Gasteiger partial charge on any atom is 0.252 e. The van der Waals surface area contributed by atoms with Crippen molar-refractivity contribution in [3.05, 3.63) is 23.8 Å². The Kier molecular flexibility index (Phi) is 6.40. The zero-order chi connectivity index (χ0) is 13.4. The Morgan fingerprint density at radius 1 is 1.29 bits per heavy atom. The minimum absolute atomic E-state index is 0.212. The van der Waals surface area contributed by atoms with Gasteiger partial charge in [-0.25, -0.2) is 0 Å². The second-order valence-electron chi connectivity index (χ2n) is 2.96. The van der Waals surface area contributed by atoms with Gasteiger partial charge in [-0.1, -0.05) is 13.8 Å². The van der Waals surface area contributed by atoms with Gasteiger partial charge < -0.3 is 15.8 Å². The number of hydrogen-bond acceptors (Lipinski definition) is 3. The minimum Gasteiger partial charge on any atom is -0.496 e. The molecule has 0 atom stereocenters. The normalized spacial score (nSPS) is 8.71. The molecular weight excluding hydrogens is 220 g/mol. The van der Waals surface area contributed by atoms with Gasteiger partial charge in [0.25, 0.3) is 5.91 Å². The molecule has 5 nitrogen and oxygen atoms in total. The number of carbonyl (C=O) groups excluding carboxylic acids is 2. The fraction of sp³-hybridized carbons (Fsp3) is 0.333. The van der Waals surface area contributed by atoms with Gasteiger partial charge in [-0.15, -0.1) is 0 Å². The summed E-state index contributed by atoms with van der Waals surface area (Å²) in [6, 6.07) is 4.68. The Morgan fingerprint density at radius 2 is 1.88 bits per heavy atom. The molecule has 0 spiro atoms. The molecule has 2 amide bonds. The second-order valence-corrected chi connectivity index (χ2v) is 2.96. The van der Waals surface area contributed by atoms with E-state index in [9.17, 15) is 9.59 Å². The maximum atomic E-state index is 11.0. The molecule has 0 unspecified atom stereocenters. The first-order valence-corrected chi connectivity index (χ1v) is 5.30. The Bertz CT molecular complexity index is 403. The molecule has 1 aromatic carbocycles. The molecule has 1 aromatic rings. The number of carbonyl (C=O) groups is 2. The molecule has 0 aliphatic rings. The predicted octanol–water partition coefficient (Wildman–Crippen LogP) is 1.78. The number of rotatable bonds is 3. The molecule has 0 saturated carbocycles. The number of benzene rings is 1. The van der Waals surface area contributed by atoms with Gasteiger partial charge >= 0.3 is 0 Å². The van der Waals surface area contributed by atoms with Crippen LogP contribution in [0, 0.1) is 0 Å². The van der Waals surface area contributed by atoms with E-state index in [0.717, 1.165) is 0 Å². The summed E-state index contributed by atoms with van der Waals surface area (Å²) in [5, 5.41) is 2.55. The maximum absolute atomic E-state index is 11.0. The third-order valence-electron chi connectivity index (χ3n) is 1.79. The summed E-state index contributed by atoms with van der Waals surface area (Å²) >= 11 is 0. The molecule has 0 fully saturated rings. The highest BCUT2D eigenvalue weighted by molar-refractivity contribution is 5.98. The van der Waals surface area contributed by atoms with Gasteiger partial charge in [0, 0.05) is 12.6 Å². The second kappa shape index (κ2) is 7.27. The van der Waals surface area contributed by atoms with Crippen molar-refractivity contribution in [3.8, 4) is 5.75 Å². The fourth-order valence-corrected chi connectivity index (χ4v) is 1.18. The third kappa shape index (κ3) is 4.55. The third-order valence-corrected chi connectivity index (χ3v) is 1.79. The molecular formula is C12H18N2O3. The number of methoxy groups -OCH3 is 1. The Morgan fingerprint density at radius 3 is 2.29 bits per heavy atom. The van der Waals surface area contributed by atoms with Crippen LogP contribution >= 0.6 is 0 Å². The lowest BCUT2D eigenvalue weighted by molar-refractivity contribution is -0.114. The van der Waals surface area contributed by atoms with E-state index in [4.69, 9.17) is 10.5 Å². The number of anilines is 1. The number of hydrogen-bond donors (Lipinski definition) is 2. The summed E-state index contributed by atoms with van der Waals surface area (Å²) in [6.45, 7) is 5.38. The highest BCUT2D eigenvalue weighted by Crippen LogP contribution is 2.21. The Hall–Kier alpha value is -2.04. The molecule has 0 aromatic heterocycles. The molecule has 0 saturated heterocycles. The number of ether oxygens (including phenoxy) is 1. The standard InChI is InChI=1S/C10H12N2O3.C2H6/c1-6(13)12-7-3-4-9(15-2)8(5-7)10(11)14;1-2/h3-5H,1-2H3,(H2,11,14)(H,12,13);1-2H3. The lowest BCUT2D eigenvalue weighted by atomic mass is 10.1. The van der Waals surface area contributed by atoms with Crippen molar-refractivity contribution >= 4 is 17.5 Å². The molecule has 5 heteroatoms. The van der Waals surface area contributed by atoms with Crippen LogP contribution in [0.1, 0.15) is 31.1 Å².